The Labute approximate surface area is 105 Å². The summed E-state index contributed by atoms with van der Waals surface area (Å²) in [5.41, 5.74) is 1.88. The van der Waals surface area contributed by atoms with E-state index in [0.29, 0.717) is 29.7 Å². The molecule has 0 fully saturated rings. The van der Waals surface area contributed by atoms with Gasteiger partial charge in [0.1, 0.15) is 13.2 Å². The molecular weight excluding hydrogens is 240 g/mol. The van der Waals surface area contributed by atoms with Crippen molar-refractivity contribution in [1.82, 2.24) is 0 Å². The first kappa shape index (κ1) is 11.2. The lowest BCUT2D eigenvalue weighted by atomic mass is 9.99. The van der Waals surface area contributed by atoms with Crippen LogP contribution in [0.15, 0.2) is 6.07 Å². The number of hydrogen-bond acceptors (Lipinski definition) is 3. The van der Waals surface area contributed by atoms with Crippen molar-refractivity contribution in [3.8, 4) is 11.5 Å². The zero-order valence-corrected chi connectivity index (χ0v) is 10.3. The van der Waals surface area contributed by atoms with E-state index in [4.69, 9.17) is 21.1 Å². The van der Waals surface area contributed by atoms with E-state index in [1.54, 1.807) is 0 Å². The molecule has 0 unspecified atom stereocenters. The van der Waals surface area contributed by atoms with Gasteiger partial charge in [0, 0.05) is 16.7 Å². The summed E-state index contributed by atoms with van der Waals surface area (Å²) in [5.74, 6) is 1.37. The van der Waals surface area contributed by atoms with E-state index in [1.807, 2.05) is 6.07 Å². The van der Waals surface area contributed by atoms with Gasteiger partial charge in [-0.2, -0.15) is 0 Å². The molecule has 0 saturated carbocycles. The van der Waals surface area contributed by atoms with Gasteiger partial charge in [-0.15, -0.1) is 0 Å². The largest absolute Gasteiger partial charge is 0.486 e. The van der Waals surface area contributed by atoms with Crippen LogP contribution in [0.3, 0.4) is 0 Å². The SMILES string of the molecule is O[C@H]1CCCCc2c(Cl)cc3c(c21)OCCO3. The maximum Gasteiger partial charge on any atom is 0.167 e. The van der Waals surface area contributed by atoms with E-state index < -0.39 is 6.10 Å². The second kappa shape index (κ2) is 4.39. The smallest absolute Gasteiger partial charge is 0.167 e. The lowest BCUT2D eigenvalue weighted by molar-refractivity contribution is 0.141. The molecule has 1 N–H and O–H groups in total. The van der Waals surface area contributed by atoms with Crippen LogP contribution in [0.4, 0.5) is 0 Å². The summed E-state index contributed by atoms with van der Waals surface area (Å²) in [4.78, 5) is 0. The minimum Gasteiger partial charge on any atom is -0.486 e. The molecule has 3 rings (SSSR count). The van der Waals surface area contributed by atoms with E-state index in [-0.39, 0.29) is 0 Å². The van der Waals surface area contributed by atoms with Crippen LogP contribution in [0.1, 0.15) is 36.5 Å². The van der Waals surface area contributed by atoms with Crippen molar-refractivity contribution < 1.29 is 14.6 Å². The van der Waals surface area contributed by atoms with Gasteiger partial charge in [-0.25, -0.2) is 0 Å². The number of benzene rings is 1. The van der Waals surface area contributed by atoms with Crippen molar-refractivity contribution in [3.63, 3.8) is 0 Å². The topological polar surface area (TPSA) is 38.7 Å². The van der Waals surface area contributed by atoms with Gasteiger partial charge >= 0.3 is 0 Å². The van der Waals surface area contributed by atoms with Crippen LogP contribution in [0, 0.1) is 0 Å². The summed E-state index contributed by atoms with van der Waals surface area (Å²) in [6.45, 7) is 1.08. The number of fused-ring (bicyclic) bond motifs is 3. The molecule has 92 valence electrons. The minimum absolute atomic E-state index is 0.485. The Balaban J connectivity index is 2.19. The van der Waals surface area contributed by atoms with Gasteiger partial charge in [-0.1, -0.05) is 18.0 Å². The van der Waals surface area contributed by atoms with Gasteiger partial charge in [0.25, 0.3) is 0 Å². The Morgan fingerprint density at radius 2 is 2.06 bits per heavy atom. The molecule has 0 bridgehead atoms. The van der Waals surface area contributed by atoms with Gasteiger partial charge in [0.15, 0.2) is 11.5 Å². The van der Waals surface area contributed by atoms with E-state index in [9.17, 15) is 5.11 Å². The maximum absolute atomic E-state index is 10.2. The Bertz CT molecular complexity index is 445. The van der Waals surface area contributed by atoms with Crippen molar-refractivity contribution >= 4 is 11.6 Å². The van der Waals surface area contributed by atoms with Gasteiger partial charge < -0.3 is 14.6 Å². The van der Waals surface area contributed by atoms with E-state index >= 15 is 0 Å². The van der Waals surface area contributed by atoms with E-state index in [1.165, 1.54) is 0 Å². The van der Waals surface area contributed by atoms with Crippen LogP contribution in [0.25, 0.3) is 0 Å². The Kier molecular flexibility index (Phi) is 2.89. The summed E-state index contributed by atoms with van der Waals surface area (Å²) in [5, 5.41) is 10.9. The van der Waals surface area contributed by atoms with Crippen LogP contribution in [0.2, 0.25) is 5.02 Å². The first-order chi connectivity index (χ1) is 8.27. The summed E-state index contributed by atoms with van der Waals surface area (Å²) in [6, 6.07) is 1.81. The lowest BCUT2D eigenvalue weighted by Crippen LogP contribution is -2.18. The third-order valence-electron chi connectivity index (χ3n) is 3.41. The van der Waals surface area contributed by atoms with Crippen molar-refractivity contribution in [2.24, 2.45) is 0 Å². The predicted octanol–water partition coefficient (Wildman–Crippen LogP) is 2.87. The Morgan fingerprint density at radius 3 is 2.94 bits per heavy atom. The fourth-order valence-corrected chi connectivity index (χ4v) is 2.90. The highest BCUT2D eigenvalue weighted by Crippen LogP contribution is 2.45. The Morgan fingerprint density at radius 1 is 1.24 bits per heavy atom. The summed E-state index contributed by atoms with van der Waals surface area (Å²) in [7, 11) is 0. The van der Waals surface area contributed by atoms with Gasteiger partial charge in [-0.05, 0) is 24.8 Å². The molecule has 3 nitrogen and oxygen atoms in total. The molecule has 0 spiro atoms. The molecule has 1 heterocycles. The van der Waals surface area contributed by atoms with Crippen molar-refractivity contribution in [1.29, 1.82) is 0 Å². The molecule has 1 aromatic carbocycles. The number of halogens is 1. The van der Waals surface area contributed by atoms with Crippen LogP contribution >= 0.6 is 11.6 Å². The van der Waals surface area contributed by atoms with E-state index in [2.05, 4.69) is 0 Å². The molecule has 1 atom stereocenters. The molecule has 0 amide bonds. The third-order valence-corrected chi connectivity index (χ3v) is 3.75. The molecule has 0 aromatic heterocycles. The van der Waals surface area contributed by atoms with Gasteiger partial charge in [0.05, 0.1) is 6.10 Å². The highest BCUT2D eigenvalue weighted by Gasteiger charge is 2.28. The fraction of sp³-hybridized carbons (Fsp3) is 0.538. The van der Waals surface area contributed by atoms with Gasteiger partial charge in [-0.3, -0.25) is 0 Å². The second-order valence-electron chi connectivity index (χ2n) is 4.54. The molecule has 0 radical (unpaired) electrons. The monoisotopic (exact) mass is 254 g/mol. The predicted molar refractivity (Wildman–Crippen MR) is 65.0 cm³/mol. The summed E-state index contributed by atoms with van der Waals surface area (Å²) in [6.07, 6.45) is 3.26. The number of aliphatic hydroxyl groups is 1. The van der Waals surface area contributed by atoms with E-state index in [0.717, 1.165) is 36.8 Å². The van der Waals surface area contributed by atoms with Crippen LogP contribution < -0.4 is 9.47 Å². The highest BCUT2D eigenvalue weighted by atomic mass is 35.5. The lowest BCUT2D eigenvalue weighted by Gasteiger charge is -2.25. The standard InChI is InChI=1S/C13H15ClO3/c14-9-7-11-13(17-6-5-16-11)12-8(9)3-1-2-4-10(12)15/h7,10,15H,1-6H2/t10-/m0/s1. The zero-order valence-electron chi connectivity index (χ0n) is 9.54. The quantitative estimate of drug-likeness (QED) is 0.724. The number of rotatable bonds is 0. The molecule has 0 saturated heterocycles. The number of aliphatic hydroxyl groups excluding tert-OH is 1. The average molecular weight is 255 g/mol. The first-order valence-electron chi connectivity index (χ1n) is 6.06. The molecule has 2 aliphatic rings. The molecule has 1 aromatic rings. The molecule has 1 aliphatic carbocycles. The van der Waals surface area contributed by atoms with Crippen LogP contribution in [-0.4, -0.2) is 18.3 Å². The molecule has 17 heavy (non-hydrogen) atoms. The highest BCUT2D eigenvalue weighted by molar-refractivity contribution is 6.31. The number of ether oxygens (including phenoxy) is 2. The average Bonchev–Trinajstić information content (AvgIpc) is 2.52. The molecule has 1 aliphatic heterocycles. The van der Waals surface area contributed by atoms with Crippen LogP contribution in [0.5, 0.6) is 11.5 Å². The summed E-state index contributed by atoms with van der Waals surface area (Å²) < 4.78 is 11.2. The molecule has 4 heteroatoms. The maximum atomic E-state index is 10.2. The van der Waals surface area contributed by atoms with Crippen molar-refractivity contribution in [3.05, 3.63) is 22.2 Å². The number of hydrogen-bond donors (Lipinski definition) is 1. The fourth-order valence-electron chi connectivity index (χ4n) is 2.61. The first-order valence-corrected chi connectivity index (χ1v) is 6.44. The second-order valence-corrected chi connectivity index (χ2v) is 4.94. The zero-order chi connectivity index (χ0) is 11.8. The summed E-state index contributed by atoms with van der Waals surface area (Å²) >= 11 is 6.27. The van der Waals surface area contributed by atoms with Gasteiger partial charge in [0.2, 0.25) is 0 Å². The molecular formula is C13H15ClO3. The Hall–Kier alpha value is -0.930. The van der Waals surface area contributed by atoms with Crippen LogP contribution in [-0.2, 0) is 6.42 Å². The van der Waals surface area contributed by atoms with Crippen molar-refractivity contribution in [2.75, 3.05) is 13.2 Å². The third kappa shape index (κ3) is 1.87. The minimum atomic E-state index is -0.485. The van der Waals surface area contributed by atoms with Crippen molar-refractivity contribution in [2.45, 2.75) is 31.8 Å². The normalized spacial score (nSPS) is 22.8.